The number of hydrogen-bond donors (Lipinski definition) is 1. The highest BCUT2D eigenvalue weighted by Gasteiger charge is 2.00. The van der Waals surface area contributed by atoms with E-state index in [9.17, 15) is 0 Å². The third kappa shape index (κ3) is 4.95. The summed E-state index contributed by atoms with van der Waals surface area (Å²) >= 11 is 0. The average Bonchev–Trinajstić information content (AvgIpc) is 2.59. The van der Waals surface area contributed by atoms with Gasteiger partial charge in [0.25, 0.3) is 0 Å². The Morgan fingerprint density at radius 3 is 3.00 bits per heavy atom. The highest BCUT2D eigenvalue weighted by Crippen LogP contribution is 2.01. The van der Waals surface area contributed by atoms with Gasteiger partial charge in [-0.25, -0.2) is 4.98 Å². The van der Waals surface area contributed by atoms with Crippen molar-refractivity contribution in [3.8, 4) is 0 Å². The van der Waals surface area contributed by atoms with E-state index in [1.807, 2.05) is 6.33 Å². The molecule has 0 aromatic carbocycles. The number of hydrogen-bond acceptors (Lipinski definition) is 3. The monoisotopic (exact) mass is 211 g/mol. The van der Waals surface area contributed by atoms with Gasteiger partial charge in [0.05, 0.1) is 18.6 Å². The summed E-state index contributed by atoms with van der Waals surface area (Å²) in [6.45, 7) is 7.87. The molecule has 0 aliphatic heterocycles. The smallest absolute Gasteiger partial charge is 0.0950 e. The number of nitrogens with zero attached hydrogens (tertiary/aromatic N) is 2. The molecule has 0 bridgehead atoms. The minimum atomic E-state index is 0.661. The third-order valence-electron chi connectivity index (χ3n) is 2.05. The van der Waals surface area contributed by atoms with Gasteiger partial charge in [-0.15, -0.1) is 0 Å². The molecule has 0 saturated carbocycles. The van der Waals surface area contributed by atoms with Crippen molar-refractivity contribution in [1.82, 2.24) is 14.9 Å². The Hall–Kier alpha value is -0.870. The van der Waals surface area contributed by atoms with E-state index in [1.165, 1.54) is 0 Å². The van der Waals surface area contributed by atoms with E-state index in [1.54, 1.807) is 7.11 Å². The summed E-state index contributed by atoms with van der Waals surface area (Å²) < 4.78 is 7.09. The van der Waals surface area contributed by atoms with Crippen LogP contribution in [-0.2, 0) is 17.8 Å². The van der Waals surface area contributed by atoms with Gasteiger partial charge in [0.1, 0.15) is 0 Å². The van der Waals surface area contributed by atoms with Crippen molar-refractivity contribution in [1.29, 1.82) is 0 Å². The van der Waals surface area contributed by atoms with Crippen LogP contribution >= 0.6 is 0 Å². The van der Waals surface area contributed by atoms with Crippen molar-refractivity contribution in [3.63, 3.8) is 0 Å². The first-order valence-electron chi connectivity index (χ1n) is 5.42. The first-order valence-corrected chi connectivity index (χ1v) is 5.42. The zero-order valence-corrected chi connectivity index (χ0v) is 9.86. The number of methoxy groups -OCH3 is 1. The standard InChI is InChI=1S/C11H21N3O/c1-10(2)7-14-8-11(13-9-14)6-12-4-5-15-3/h8-10,12H,4-7H2,1-3H3. The molecule has 1 aromatic rings. The Balaban J connectivity index is 2.26. The number of rotatable bonds is 7. The molecule has 86 valence electrons. The molecular formula is C11H21N3O. The number of aromatic nitrogens is 2. The first-order chi connectivity index (χ1) is 7.22. The van der Waals surface area contributed by atoms with E-state index in [4.69, 9.17) is 4.74 Å². The first kappa shape index (κ1) is 12.2. The molecule has 15 heavy (non-hydrogen) atoms. The SMILES string of the molecule is COCCNCc1cn(CC(C)C)cn1. The molecule has 1 heterocycles. The second-order valence-electron chi connectivity index (χ2n) is 4.13. The molecule has 0 atom stereocenters. The van der Waals surface area contributed by atoms with Gasteiger partial charge in [0, 0.05) is 32.9 Å². The second kappa shape index (κ2) is 6.58. The van der Waals surface area contributed by atoms with E-state index >= 15 is 0 Å². The van der Waals surface area contributed by atoms with Crippen LogP contribution in [0.3, 0.4) is 0 Å². The molecule has 1 N–H and O–H groups in total. The molecule has 0 fully saturated rings. The molecule has 1 aromatic heterocycles. The summed E-state index contributed by atoms with van der Waals surface area (Å²) in [6.07, 6.45) is 3.99. The van der Waals surface area contributed by atoms with Gasteiger partial charge < -0.3 is 14.6 Å². The third-order valence-corrected chi connectivity index (χ3v) is 2.05. The molecule has 1 rings (SSSR count). The fourth-order valence-corrected chi connectivity index (χ4v) is 1.41. The summed E-state index contributed by atoms with van der Waals surface area (Å²) in [7, 11) is 1.71. The van der Waals surface area contributed by atoms with E-state index in [-0.39, 0.29) is 0 Å². The van der Waals surface area contributed by atoms with Crippen LogP contribution in [0.5, 0.6) is 0 Å². The highest BCUT2D eigenvalue weighted by molar-refractivity contribution is 4.96. The van der Waals surface area contributed by atoms with Crippen molar-refractivity contribution in [2.75, 3.05) is 20.3 Å². The summed E-state index contributed by atoms with van der Waals surface area (Å²) in [6, 6.07) is 0. The lowest BCUT2D eigenvalue weighted by Crippen LogP contribution is -2.18. The van der Waals surface area contributed by atoms with E-state index < -0.39 is 0 Å². The van der Waals surface area contributed by atoms with Crippen LogP contribution in [0.2, 0.25) is 0 Å². The summed E-state index contributed by atoms with van der Waals surface area (Å²) in [4.78, 5) is 4.33. The number of ether oxygens (including phenoxy) is 1. The van der Waals surface area contributed by atoms with E-state index in [0.717, 1.165) is 31.9 Å². The maximum absolute atomic E-state index is 4.95. The fourth-order valence-electron chi connectivity index (χ4n) is 1.41. The molecule has 4 nitrogen and oxygen atoms in total. The molecule has 0 radical (unpaired) electrons. The van der Waals surface area contributed by atoms with Crippen LogP contribution in [-0.4, -0.2) is 29.8 Å². The maximum Gasteiger partial charge on any atom is 0.0950 e. The van der Waals surface area contributed by atoms with E-state index in [2.05, 4.69) is 34.9 Å². The predicted octanol–water partition coefficient (Wildman–Crippen LogP) is 1.28. The van der Waals surface area contributed by atoms with Crippen LogP contribution in [0.25, 0.3) is 0 Å². The largest absolute Gasteiger partial charge is 0.383 e. The Morgan fingerprint density at radius 2 is 2.33 bits per heavy atom. The van der Waals surface area contributed by atoms with Gasteiger partial charge in [-0.2, -0.15) is 0 Å². The number of nitrogens with one attached hydrogen (secondary N) is 1. The van der Waals surface area contributed by atoms with Crippen LogP contribution in [0.15, 0.2) is 12.5 Å². The van der Waals surface area contributed by atoms with Gasteiger partial charge in [-0.3, -0.25) is 0 Å². The van der Waals surface area contributed by atoms with Gasteiger partial charge in [-0.1, -0.05) is 13.8 Å². The molecule has 0 aliphatic carbocycles. The molecular weight excluding hydrogens is 190 g/mol. The Morgan fingerprint density at radius 1 is 1.53 bits per heavy atom. The van der Waals surface area contributed by atoms with Gasteiger partial charge in [0.2, 0.25) is 0 Å². The fraction of sp³-hybridized carbons (Fsp3) is 0.727. The average molecular weight is 211 g/mol. The molecule has 0 amide bonds. The van der Waals surface area contributed by atoms with Crippen LogP contribution in [0, 0.1) is 5.92 Å². The lowest BCUT2D eigenvalue weighted by Gasteiger charge is -2.04. The highest BCUT2D eigenvalue weighted by atomic mass is 16.5. The van der Waals surface area contributed by atoms with Gasteiger partial charge in [-0.05, 0) is 5.92 Å². The lowest BCUT2D eigenvalue weighted by atomic mass is 10.2. The molecule has 0 aliphatic rings. The van der Waals surface area contributed by atoms with Crippen LogP contribution in [0.4, 0.5) is 0 Å². The summed E-state index contributed by atoms with van der Waals surface area (Å²) in [5.74, 6) is 0.661. The predicted molar refractivity (Wildman–Crippen MR) is 60.6 cm³/mol. The Kier molecular flexibility index (Phi) is 5.36. The minimum Gasteiger partial charge on any atom is -0.383 e. The Bertz CT molecular complexity index is 271. The minimum absolute atomic E-state index is 0.661. The lowest BCUT2D eigenvalue weighted by molar-refractivity contribution is 0.199. The number of imidazole rings is 1. The van der Waals surface area contributed by atoms with Crippen molar-refractivity contribution in [3.05, 3.63) is 18.2 Å². The van der Waals surface area contributed by atoms with E-state index in [0.29, 0.717) is 5.92 Å². The zero-order chi connectivity index (χ0) is 11.1. The van der Waals surface area contributed by atoms with Gasteiger partial charge in [0.15, 0.2) is 0 Å². The summed E-state index contributed by atoms with van der Waals surface area (Å²) in [5, 5.41) is 3.27. The molecule has 4 heteroatoms. The van der Waals surface area contributed by atoms with Crippen LogP contribution in [0.1, 0.15) is 19.5 Å². The van der Waals surface area contributed by atoms with Crippen molar-refractivity contribution < 1.29 is 4.74 Å². The normalized spacial score (nSPS) is 11.2. The molecule has 0 saturated heterocycles. The molecule has 0 spiro atoms. The quantitative estimate of drug-likeness (QED) is 0.690. The van der Waals surface area contributed by atoms with Gasteiger partial charge >= 0.3 is 0 Å². The van der Waals surface area contributed by atoms with Crippen molar-refractivity contribution in [2.24, 2.45) is 5.92 Å². The Labute approximate surface area is 91.7 Å². The zero-order valence-electron chi connectivity index (χ0n) is 9.86. The van der Waals surface area contributed by atoms with Crippen molar-refractivity contribution >= 4 is 0 Å². The van der Waals surface area contributed by atoms with Crippen molar-refractivity contribution in [2.45, 2.75) is 26.9 Å². The molecule has 0 unspecified atom stereocenters. The van der Waals surface area contributed by atoms with Crippen LogP contribution < -0.4 is 5.32 Å². The maximum atomic E-state index is 4.95. The topological polar surface area (TPSA) is 39.1 Å². The summed E-state index contributed by atoms with van der Waals surface area (Å²) in [5.41, 5.74) is 1.09. The second-order valence-corrected chi connectivity index (χ2v) is 4.13.